The average Bonchev–Trinajstić information content (AvgIpc) is 2.53. The molecule has 7 heteroatoms. The van der Waals surface area contributed by atoms with Gasteiger partial charge in [-0.05, 0) is 42.0 Å². The van der Waals surface area contributed by atoms with Crippen LogP contribution in [0.15, 0.2) is 48.5 Å². The van der Waals surface area contributed by atoms with Crippen molar-refractivity contribution in [1.29, 1.82) is 0 Å². The fraction of sp³-hybridized carbons (Fsp3) is 0.188. The fourth-order valence-electron chi connectivity index (χ4n) is 1.88. The van der Waals surface area contributed by atoms with Gasteiger partial charge in [-0.1, -0.05) is 12.1 Å². The SMILES string of the molecule is O=C(NCC(O)c1ccc(F)cc1)c1ccc(OC(F)F)cc1. The van der Waals surface area contributed by atoms with Gasteiger partial charge in [-0.3, -0.25) is 4.79 Å². The highest BCUT2D eigenvalue weighted by molar-refractivity contribution is 5.94. The van der Waals surface area contributed by atoms with E-state index in [1.54, 1.807) is 0 Å². The Morgan fingerprint density at radius 1 is 1.09 bits per heavy atom. The fourth-order valence-corrected chi connectivity index (χ4v) is 1.88. The van der Waals surface area contributed by atoms with E-state index in [1.165, 1.54) is 48.5 Å². The van der Waals surface area contributed by atoms with Gasteiger partial charge in [-0.2, -0.15) is 8.78 Å². The molecule has 0 bridgehead atoms. The maximum absolute atomic E-state index is 12.8. The van der Waals surface area contributed by atoms with Gasteiger partial charge in [0, 0.05) is 12.1 Å². The van der Waals surface area contributed by atoms with E-state index in [0.717, 1.165) is 0 Å². The molecule has 4 nitrogen and oxygen atoms in total. The second-order valence-corrected chi connectivity index (χ2v) is 4.68. The average molecular weight is 325 g/mol. The van der Waals surface area contributed by atoms with Crippen molar-refractivity contribution in [3.8, 4) is 5.75 Å². The lowest BCUT2D eigenvalue weighted by Crippen LogP contribution is -2.28. The van der Waals surface area contributed by atoms with Crippen LogP contribution in [0, 0.1) is 5.82 Å². The van der Waals surface area contributed by atoms with Crippen LogP contribution in [0.2, 0.25) is 0 Å². The standard InChI is InChI=1S/C16H14F3NO3/c17-12-5-1-10(2-6-12)14(21)9-20-15(22)11-3-7-13(8-4-11)23-16(18)19/h1-8,14,16,21H,9H2,(H,20,22). The molecule has 0 saturated heterocycles. The number of aliphatic hydroxyl groups excluding tert-OH is 1. The summed E-state index contributed by atoms with van der Waals surface area (Å²) in [5.74, 6) is -0.950. The van der Waals surface area contributed by atoms with E-state index in [4.69, 9.17) is 0 Å². The smallest absolute Gasteiger partial charge is 0.387 e. The molecule has 2 rings (SSSR count). The number of hydrogen-bond donors (Lipinski definition) is 2. The summed E-state index contributed by atoms with van der Waals surface area (Å²) in [6.07, 6.45) is -0.985. The lowest BCUT2D eigenvalue weighted by atomic mass is 10.1. The topological polar surface area (TPSA) is 58.6 Å². The minimum Gasteiger partial charge on any atom is -0.435 e. The number of hydrogen-bond acceptors (Lipinski definition) is 3. The van der Waals surface area contributed by atoms with E-state index in [9.17, 15) is 23.1 Å². The number of amides is 1. The Kier molecular flexibility index (Phi) is 5.59. The van der Waals surface area contributed by atoms with Crippen LogP contribution >= 0.6 is 0 Å². The van der Waals surface area contributed by atoms with E-state index < -0.39 is 24.4 Å². The zero-order valence-electron chi connectivity index (χ0n) is 11.9. The van der Waals surface area contributed by atoms with Gasteiger partial charge in [-0.15, -0.1) is 0 Å². The Hall–Kier alpha value is -2.54. The van der Waals surface area contributed by atoms with Crippen molar-refractivity contribution >= 4 is 5.91 Å². The number of ether oxygens (including phenoxy) is 1. The zero-order valence-corrected chi connectivity index (χ0v) is 11.9. The van der Waals surface area contributed by atoms with Gasteiger partial charge in [0.1, 0.15) is 11.6 Å². The minimum absolute atomic E-state index is 0.0529. The third-order valence-electron chi connectivity index (χ3n) is 3.05. The van der Waals surface area contributed by atoms with E-state index in [2.05, 4.69) is 10.1 Å². The van der Waals surface area contributed by atoms with Crippen molar-refractivity contribution in [2.24, 2.45) is 0 Å². The first-order valence-electron chi connectivity index (χ1n) is 6.72. The number of carbonyl (C=O) groups excluding carboxylic acids is 1. The summed E-state index contributed by atoms with van der Waals surface area (Å²) >= 11 is 0. The molecule has 0 fully saturated rings. The van der Waals surface area contributed by atoms with Crippen LogP contribution in [0.1, 0.15) is 22.0 Å². The second kappa shape index (κ2) is 7.64. The van der Waals surface area contributed by atoms with Gasteiger partial charge in [0.2, 0.25) is 0 Å². The Balaban J connectivity index is 1.90. The van der Waals surface area contributed by atoms with Crippen LogP contribution in [0.4, 0.5) is 13.2 Å². The summed E-state index contributed by atoms with van der Waals surface area (Å²) in [7, 11) is 0. The van der Waals surface area contributed by atoms with E-state index in [1.807, 2.05) is 0 Å². The van der Waals surface area contributed by atoms with Crippen LogP contribution in [-0.2, 0) is 0 Å². The van der Waals surface area contributed by atoms with Gasteiger partial charge >= 0.3 is 6.61 Å². The molecule has 23 heavy (non-hydrogen) atoms. The molecule has 0 saturated carbocycles. The molecular formula is C16H14F3NO3. The third-order valence-corrected chi connectivity index (χ3v) is 3.05. The molecule has 122 valence electrons. The highest BCUT2D eigenvalue weighted by Crippen LogP contribution is 2.16. The number of nitrogens with one attached hydrogen (secondary N) is 1. The molecule has 0 heterocycles. The van der Waals surface area contributed by atoms with E-state index in [-0.39, 0.29) is 17.9 Å². The van der Waals surface area contributed by atoms with Crippen molar-refractivity contribution in [2.75, 3.05) is 6.54 Å². The summed E-state index contributed by atoms with van der Waals surface area (Å²) in [4.78, 5) is 11.9. The van der Waals surface area contributed by atoms with Gasteiger partial charge in [0.15, 0.2) is 0 Å². The molecule has 0 aromatic heterocycles. The minimum atomic E-state index is -2.93. The number of halogens is 3. The quantitative estimate of drug-likeness (QED) is 0.858. The molecule has 1 amide bonds. The van der Waals surface area contributed by atoms with Crippen LogP contribution in [-0.4, -0.2) is 24.2 Å². The molecular weight excluding hydrogens is 311 g/mol. The molecule has 0 radical (unpaired) electrons. The van der Waals surface area contributed by atoms with Crippen LogP contribution in [0.25, 0.3) is 0 Å². The van der Waals surface area contributed by atoms with Gasteiger partial charge in [0.25, 0.3) is 5.91 Å². The van der Waals surface area contributed by atoms with Crippen molar-refractivity contribution < 1.29 is 27.8 Å². The first-order valence-corrected chi connectivity index (χ1v) is 6.72. The first kappa shape index (κ1) is 16.8. The normalized spacial score (nSPS) is 12.0. The number of benzene rings is 2. The predicted molar refractivity (Wildman–Crippen MR) is 76.8 cm³/mol. The summed E-state index contributed by atoms with van der Waals surface area (Å²) in [5.41, 5.74) is 0.699. The molecule has 2 N–H and O–H groups in total. The number of aliphatic hydroxyl groups is 1. The predicted octanol–water partition coefficient (Wildman–Crippen LogP) is 2.89. The Bertz CT molecular complexity index is 645. The summed E-state index contributed by atoms with van der Waals surface area (Å²) in [6, 6.07) is 10.4. The van der Waals surface area contributed by atoms with Crippen molar-refractivity contribution in [3.05, 3.63) is 65.5 Å². The molecule has 1 unspecified atom stereocenters. The second-order valence-electron chi connectivity index (χ2n) is 4.68. The largest absolute Gasteiger partial charge is 0.435 e. The van der Waals surface area contributed by atoms with Crippen molar-refractivity contribution in [3.63, 3.8) is 0 Å². The molecule has 0 aliphatic carbocycles. The van der Waals surface area contributed by atoms with Crippen molar-refractivity contribution in [1.82, 2.24) is 5.32 Å². The van der Waals surface area contributed by atoms with Crippen molar-refractivity contribution in [2.45, 2.75) is 12.7 Å². The van der Waals surface area contributed by atoms with E-state index in [0.29, 0.717) is 5.56 Å². The summed E-state index contributed by atoms with van der Waals surface area (Å²) in [5, 5.41) is 12.4. The first-order chi connectivity index (χ1) is 11.0. The van der Waals surface area contributed by atoms with Crippen LogP contribution in [0.3, 0.4) is 0 Å². The van der Waals surface area contributed by atoms with Crippen LogP contribution in [0.5, 0.6) is 5.75 Å². The molecule has 2 aromatic carbocycles. The Morgan fingerprint density at radius 2 is 1.70 bits per heavy atom. The molecule has 0 aliphatic heterocycles. The van der Waals surface area contributed by atoms with Crippen LogP contribution < -0.4 is 10.1 Å². The lowest BCUT2D eigenvalue weighted by Gasteiger charge is -2.12. The lowest BCUT2D eigenvalue weighted by molar-refractivity contribution is -0.0498. The highest BCUT2D eigenvalue weighted by atomic mass is 19.3. The monoisotopic (exact) mass is 325 g/mol. The molecule has 2 aromatic rings. The summed E-state index contributed by atoms with van der Waals surface area (Å²) < 4.78 is 41.0. The molecule has 0 spiro atoms. The zero-order chi connectivity index (χ0) is 16.8. The summed E-state index contributed by atoms with van der Waals surface area (Å²) in [6.45, 7) is -3.00. The Labute approximate surface area is 130 Å². The maximum Gasteiger partial charge on any atom is 0.387 e. The molecule has 1 atom stereocenters. The third kappa shape index (κ3) is 5.00. The van der Waals surface area contributed by atoms with Gasteiger partial charge < -0.3 is 15.2 Å². The number of carbonyl (C=O) groups is 1. The number of rotatable bonds is 6. The van der Waals surface area contributed by atoms with Gasteiger partial charge in [0.05, 0.1) is 6.10 Å². The maximum atomic E-state index is 12.8. The molecule has 0 aliphatic rings. The Morgan fingerprint density at radius 3 is 2.26 bits per heavy atom. The number of alkyl halides is 2. The highest BCUT2D eigenvalue weighted by Gasteiger charge is 2.12. The van der Waals surface area contributed by atoms with E-state index >= 15 is 0 Å². The van der Waals surface area contributed by atoms with Gasteiger partial charge in [-0.25, -0.2) is 4.39 Å².